The van der Waals surface area contributed by atoms with Crippen LogP contribution in [0.5, 0.6) is 0 Å². The lowest BCUT2D eigenvalue weighted by molar-refractivity contribution is -0.138. The number of likely N-dealkylation sites (tertiary alicyclic amines) is 1. The first-order valence-electron chi connectivity index (χ1n) is 7.26. The van der Waals surface area contributed by atoms with Crippen molar-refractivity contribution in [2.24, 2.45) is 5.92 Å². The number of esters is 1. The molecular weight excluding hydrogens is 258 g/mol. The third-order valence-corrected chi connectivity index (χ3v) is 3.70. The topological polar surface area (TPSA) is 70.7 Å². The summed E-state index contributed by atoms with van der Waals surface area (Å²) < 4.78 is 5.05. The summed E-state index contributed by atoms with van der Waals surface area (Å²) in [5, 5.41) is 5.38. The second kappa shape index (κ2) is 6.74. The van der Waals surface area contributed by atoms with Crippen molar-refractivity contribution < 1.29 is 14.3 Å². The summed E-state index contributed by atoms with van der Waals surface area (Å²) in [6.45, 7) is 7.20. The van der Waals surface area contributed by atoms with Gasteiger partial charge in [-0.1, -0.05) is 6.92 Å². The van der Waals surface area contributed by atoms with Crippen LogP contribution in [0.1, 0.15) is 26.7 Å². The van der Waals surface area contributed by atoms with E-state index in [0.717, 1.165) is 19.5 Å². The van der Waals surface area contributed by atoms with Gasteiger partial charge in [0.05, 0.1) is 18.7 Å². The minimum Gasteiger partial charge on any atom is -0.463 e. The van der Waals surface area contributed by atoms with E-state index in [2.05, 4.69) is 22.5 Å². The van der Waals surface area contributed by atoms with Crippen LogP contribution in [0.15, 0.2) is 11.3 Å². The van der Waals surface area contributed by atoms with E-state index in [1.165, 1.54) is 6.42 Å². The molecule has 0 aromatic carbocycles. The first-order chi connectivity index (χ1) is 9.60. The number of nitrogens with one attached hydrogen (secondary N) is 2. The molecule has 2 amide bonds. The van der Waals surface area contributed by atoms with Crippen LogP contribution in [0.3, 0.4) is 0 Å². The van der Waals surface area contributed by atoms with Gasteiger partial charge in [-0.15, -0.1) is 0 Å². The summed E-state index contributed by atoms with van der Waals surface area (Å²) in [6.07, 6.45) is 2.41. The molecule has 6 heteroatoms. The lowest BCUT2D eigenvalue weighted by atomic mass is 10.00. The predicted octanol–water partition coefficient (Wildman–Crippen LogP) is 0.848. The lowest BCUT2D eigenvalue weighted by Gasteiger charge is -2.33. The minimum atomic E-state index is -0.347. The molecule has 2 heterocycles. The van der Waals surface area contributed by atoms with Gasteiger partial charge in [-0.05, 0) is 32.2 Å². The quantitative estimate of drug-likeness (QED) is 0.749. The molecule has 0 aromatic heterocycles. The van der Waals surface area contributed by atoms with Crippen molar-refractivity contribution in [3.05, 3.63) is 11.3 Å². The van der Waals surface area contributed by atoms with Crippen LogP contribution in [-0.4, -0.2) is 49.7 Å². The summed E-state index contributed by atoms with van der Waals surface area (Å²) in [5.41, 5.74) is 1.21. The first kappa shape index (κ1) is 14.8. The SMILES string of the molecule is CCOC(=O)C1=C(CN2CCCC(C)C2)NC(=O)NC1. The Labute approximate surface area is 119 Å². The van der Waals surface area contributed by atoms with Crippen molar-refractivity contribution in [1.29, 1.82) is 0 Å². The molecule has 1 unspecified atom stereocenters. The number of hydrogen-bond acceptors (Lipinski definition) is 4. The summed E-state index contributed by atoms with van der Waals surface area (Å²) in [4.78, 5) is 25.7. The maximum Gasteiger partial charge on any atom is 0.337 e. The summed E-state index contributed by atoms with van der Waals surface area (Å²) >= 11 is 0. The van der Waals surface area contributed by atoms with Crippen molar-refractivity contribution in [1.82, 2.24) is 15.5 Å². The molecule has 1 fully saturated rings. The van der Waals surface area contributed by atoms with Gasteiger partial charge in [0.15, 0.2) is 0 Å². The number of ether oxygens (including phenoxy) is 1. The van der Waals surface area contributed by atoms with E-state index in [4.69, 9.17) is 4.74 Å². The fourth-order valence-electron chi connectivity index (χ4n) is 2.73. The number of carbonyl (C=O) groups excluding carboxylic acids is 2. The molecule has 2 aliphatic rings. The number of nitrogens with zero attached hydrogens (tertiary/aromatic N) is 1. The third kappa shape index (κ3) is 3.72. The molecule has 20 heavy (non-hydrogen) atoms. The Hall–Kier alpha value is -1.56. The Morgan fingerprint density at radius 1 is 1.50 bits per heavy atom. The van der Waals surface area contributed by atoms with E-state index in [0.29, 0.717) is 30.3 Å². The molecule has 0 radical (unpaired) electrons. The van der Waals surface area contributed by atoms with Gasteiger partial charge in [0, 0.05) is 18.8 Å². The highest BCUT2D eigenvalue weighted by molar-refractivity contribution is 5.93. The van der Waals surface area contributed by atoms with Crippen molar-refractivity contribution >= 4 is 12.0 Å². The summed E-state index contributed by atoms with van der Waals surface area (Å²) in [7, 11) is 0. The maximum absolute atomic E-state index is 11.9. The zero-order valence-electron chi connectivity index (χ0n) is 12.2. The number of piperidine rings is 1. The monoisotopic (exact) mass is 281 g/mol. The molecule has 2 rings (SSSR count). The molecule has 2 aliphatic heterocycles. The zero-order valence-corrected chi connectivity index (χ0v) is 12.2. The molecule has 1 atom stereocenters. The van der Waals surface area contributed by atoms with Crippen LogP contribution in [-0.2, 0) is 9.53 Å². The van der Waals surface area contributed by atoms with Gasteiger partial charge in [0.25, 0.3) is 0 Å². The second-order valence-corrected chi connectivity index (χ2v) is 5.47. The average Bonchev–Trinajstić information content (AvgIpc) is 2.39. The van der Waals surface area contributed by atoms with E-state index in [9.17, 15) is 9.59 Å². The Morgan fingerprint density at radius 2 is 2.30 bits per heavy atom. The fraction of sp³-hybridized carbons (Fsp3) is 0.714. The molecule has 1 saturated heterocycles. The molecule has 0 aromatic rings. The van der Waals surface area contributed by atoms with Gasteiger partial charge in [-0.2, -0.15) is 0 Å². The number of urea groups is 1. The normalized spacial score (nSPS) is 24.1. The molecule has 0 aliphatic carbocycles. The van der Waals surface area contributed by atoms with Crippen LogP contribution < -0.4 is 10.6 Å². The van der Waals surface area contributed by atoms with Crippen molar-refractivity contribution in [2.75, 3.05) is 32.8 Å². The van der Waals surface area contributed by atoms with Crippen molar-refractivity contribution in [2.45, 2.75) is 26.7 Å². The van der Waals surface area contributed by atoms with E-state index >= 15 is 0 Å². The Balaban J connectivity index is 2.09. The van der Waals surface area contributed by atoms with Gasteiger partial charge in [0.2, 0.25) is 0 Å². The smallest absolute Gasteiger partial charge is 0.337 e. The fourth-order valence-corrected chi connectivity index (χ4v) is 2.73. The van der Waals surface area contributed by atoms with Gasteiger partial charge >= 0.3 is 12.0 Å². The molecule has 0 saturated carbocycles. The summed E-state index contributed by atoms with van der Waals surface area (Å²) in [5.74, 6) is 0.313. The van der Waals surface area contributed by atoms with Crippen molar-refractivity contribution in [3.63, 3.8) is 0 Å². The Bertz CT molecular complexity index is 420. The van der Waals surface area contributed by atoms with E-state index in [1.54, 1.807) is 6.92 Å². The highest BCUT2D eigenvalue weighted by Crippen LogP contribution is 2.18. The highest BCUT2D eigenvalue weighted by atomic mass is 16.5. The zero-order chi connectivity index (χ0) is 14.5. The van der Waals surface area contributed by atoms with E-state index in [-0.39, 0.29) is 18.5 Å². The van der Waals surface area contributed by atoms with Gasteiger partial charge < -0.3 is 15.4 Å². The third-order valence-electron chi connectivity index (χ3n) is 3.70. The highest BCUT2D eigenvalue weighted by Gasteiger charge is 2.26. The molecule has 2 N–H and O–H groups in total. The standard InChI is InChI=1S/C14H23N3O3/c1-3-20-13(18)11-7-15-14(19)16-12(11)9-17-6-4-5-10(2)8-17/h10H,3-9H2,1-2H3,(H2,15,16,19). The number of amides is 2. The van der Waals surface area contributed by atoms with Crippen LogP contribution in [0.2, 0.25) is 0 Å². The van der Waals surface area contributed by atoms with Gasteiger partial charge in [-0.3, -0.25) is 4.90 Å². The minimum absolute atomic E-state index is 0.239. The van der Waals surface area contributed by atoms with Crippen molar-refractivity contribution in [3.8, 4) is 0 Å². The van der Waals surface area contributed by atoms with Crippen LogP contribution in [0.4, 0.5) is 4.79 Å². The Kier molecular flexibility index (Phi) is 5.00. The largest absolute Gasteiger partial charge is 0.463 e. The van der Waals surface area contributed by atoms with Crippen LogP contribution in [0, 0.1) is 5.92 Å². The second-order valence-electron chi connectivity index (χ2n) is 5.47. The average molecular weight is 281 g/mol. The number of rotatable bonds is 4. The first-order valence-corrected chi connectivity index (χ1v) is 7.26. The lowest BCUT2D eigenvalue weighted by Crippen LogP contribution is -2.48. The molecular formula is C14H23N3O3. The van der Waals surface area contributed by atoms with Crippen LogP contribution >= 0.6 is 0 Å². The van der Waals surface area contributed by atoms with Gasteiger partial charge in [-0.25, -0.2) is 9.59 Å². The maximum atomic E-state index is 11.9. The number of carbonyl (C=O) groups is 2. The Morgan fingerprint density at radius 3 is 3.00 bits per heavy atom. The number of hydrogen-bond donors (Lipinski definition) is 2. The molecule has 112 valence electrons. The van der Waals surface area contributed by atoms with Gasteiger partial charge in [0.1, 0.15) is 0 Å². The van der Waals surface area contributed by atoms with E-state index < -0.39 is 0 Å². The molecule has 6 nitrogen and oxygen atoms in total. The summed E-state index contributed by atoms with van der Waals surface area (Å²) in [6, 6.07) is -0.252. The predicted molar refractivity (Wildman–Crippen MR) is 75.0 cm³/mol. The molecule has 0 spiro atoms. The van der Waals surface area contributed by atoms with Crippen LogP contribution in [0.25, 0.3) is 0 Å². The molecule has 0 bridgehead atoms. The van der Waals surface area contributed by atoms with E-state index in [1.807, 2.05) is 0 Å².